The van der Waals surface area contributed by atoms with E-state index >= 15 is 0 Å². The number of ether oxygens (including phenoxy) is 1. The molecule has 1 aliphatic heterocycles. The van der Waals surface area contributed by atoms with E-state index in [1.165, 1.54) is 12.1 Å². The molecule has 9 heteroatoms. The standard InChI is InChI=1S/C30H28FN7O/c1-2-17-32-30-33-18-16-25(34-30)29-28(21-8-10-22(31)11-9-21)35-26-14-12-23(38(26)29)19-39-27-15-13-24(36-37-27)20-6-4-3-5-7-20/h3-11,13,15-16,18,23H,2,12,14,17,19H2,1H3,(H,32,33,34). The molecule has 0 saturated carbocycles. The Morgan fingerprint density at radius 3 is 2.54 bits per heavy atom. The highest BCUT2D eigenvalue weighted by molar-refractivity contribution is 5.78. The molecule has 2 aromatic carbocycles. The maximum absolute atomic E-state index is 13.7. The Bertz CT molecular complexity index is 1550. The van der Waals surface area contributed by atoms with Gasteiger partial charge in [-0.25, -0.2) is 19.3 Å². The van der Waals surface area contributed by atoms with Crippen LogP contribution < -0.4 is 10.1 Å². The lowest BCUT2D eigenvalue weighted by molar-refractivity contribution is 0.245. The van der Waals surface area contributed by atoms with Crippen molar-refractivity contribution in [3.8, 4) is 39.8 Å². The molecule has 0 spiro atoms. The summed E-state index contributed by atoms with van der Waals surface area (Å²) in [7, 11) is 0. The predicted octanol–water partition coefficient (Wildman–Crippen LogP) is 5.99. The van der Waals surface area contributed by atoms with Gasteiger partial charge in [0.2, 0.25) is 11.8 Å². The molecule has 0 amide bonds. The summed E-state index contributed by atoms with van der Waals surface area (Å²) < 4.78 is 22.0. The van der Waals surface area contributed by atoms with Gasteiger partial charge in [-0.2, -0.15) is 0 Å². The highest BCUT2D eigenvalue weighted by atomic mass is 19.1. The van der Waals surface area contributed by atoms with Crippen LogP contribution in [0.1, 0.15) is 31.6 Å². The van der Waals surface area contributed by atoms with E-state index in [-0.39, 0.29) is 11.9 Å². The highest BCUT2D eigenvalue weighted by Crippen LogP contribution is 2.39. The van der Waals surface area contributed by atoms with E-state index in [9.17, 15) is 4.39 Å². The molecule has 1 unspecified atom stereocenters. The summed E-state index contributed by atoms with van der Waals surface area (Å²) in [6.45, 7) is 3.28. The first-order chi connectivity index (χ1) is 19.2. The number of halogens is 1. The van der Waals surface area contributed by atoms with Gasteiger partial charge in [0.15, 0.2) is 0 Å². The summed E-state index contributed by atoms with van der Waals surface area (Å²) in [6, 6.07) is 22.0. The number of hydrogen-bond donors (Lipinski definition) is 1. The Balaban J connectivity index is 1.31. The van der Waals surface area contributed by atoms with Crippen molar-refractivity contribution < 1.29 is 9.13 Å². The van der Waals surface area contributed by atoms with E-state index in [0.717, 1.165) is 65.5 Å². The number of benzene rings is 2. The van der Waals surface area contributed by atoms with Crippen molar-refractivity contribution in [3.05, 3.63) is 90.6 Å². The Morgan fingerprint density at radius 2 is 1.77 bits per heavy atom. The van der Waals surface area contributed by atoms with Gasteiger partial charge >= 0.3 is 0 Å². The van der Waals surface area contributed by atoms with Crippen molar-refractivity contribution in [1.29, 1.82) is 0 Å². The molecular weight excluding hydrogens is 493 g/mol. The summed E-state index contributed by atoms with van der Waals surface area (Å²) in [4.78, 5) is 14.2. The number of fused-ring (bicyclic) bond motifs is 1. The van der Waals surface area contributed by atoms with Crippen LogP contribution in [0.5, 0.6) is 5.88 Å². The maximum atomic E-state index is 13.7. The molecule has 0 fully saturated rings. The molecule has 8 nitrogen and oxygen atoms in total. The highest BCUT2D eigenvalue weighted by Gasteiger charge is 2.31. The minimum atomic E-state index is -0.286. The molecule has 1 N–H and O–H groups in total. The second kappa shape index (κ2) is 11.0. The van der Waals surface area contributed by atoms with E-state index < -0.39 is 0 Å². The van der Waals surface area contributed by atoms with Gasteiger partial charge in [0.25, 0.3) is 0 Å². The Hall–Kier alpha value is -4.66. The number of nitrogens with zero attached hydrogens (tertiary/aromatic N) is 6. The van der Waals surface area contributed by atoms with Crippen LogP contribution in [0.25, 0.3) is 33.9 Å². The molecule has 3 aromatic heterocycles. The molecule has 0 radical (unpaired) electrons. The van der Waals surface area contributed by atoms with Gasteiger partial charge in [0.1, 0.15) is 18.2 Å². The normalized spacial score (nSPS) is 14.3. The van der Waals surface area contributed by atoms with E-state index in [1.807, 2.05) is 48.5 Å². The number of rotatable bonds is 9. The van der Waals surface area contributed by atoms with Crippen LogP contribution >= 0.6 is 0 Å². The zero-order chi connectivity index (χ0) is 26.6. The molecule has 6 rings (SSSR count). The summed E-state index contributed by atoms with van der Waals surface area (Å²) in [5.41, 5.74) is 5.02. The second-order valence-electron chi connectivity index (χ2n) is 9.42. The first-order valence-corrected chi connectivity index (χ1v) is 13.2. The maximum Gasteiger partial charge on any atom is 0.233 e. The second-order valence-corrected chi connectivity index (χ2v) is 9.42. The van der Waals surface area contributed by atoms with Crippen LogP contribution in [-0.4, -0.2) is 42.9 Å². The minimum Gasteiger partial charge on any atom is -0.474 e. The van der Waals surface area contributed by atoms with Crippen molar-refractivity contribution >= 4 is 5.95 Å². The molecule has 1 aliphatic rings. The average molecular weight is 522 g/mol. The van der Waals surface area contributed by atoms with Crippen LogP contribution in [0.15, 0.2) is 79.0 Å². The van der Waals surface area contributed by atoms with Crippen molar-refractivity contribution in [2.45, 2.75) is 32.2 Å². The van der Waals surface area contributed by atoms with Gasteiger partial charge in [-0.1, -0.05) is 37.3 Å². The van der Waals surface area contributed by atoms with Gasteiger partial charge < -0.3 is 14.6 Å². The molecule has 0 saturated heterocycles. The largest absolute Gasteiger partial charge is 0.474 e. The fourth-order valence-electron chi connectivity index (χ4n) is 4.84. The summed E-state index contributed by atoms with van der Waals surface area (Å²) in [5.74, 6) is 1.70. The van der Waals surface area contributed by atoms with E-state index in [0.29, 0.717) is 18.4 Å². The van der Waals surface area contributed by atoms with Gasteiger partial charge in [-0.15, -0.1) is 10.2 Å². The monoisotopic (exact) mass is 521 g/mol. The van der Waals surface area contributed by atoms with Crippen molar-refractivity contribution in [2.75, 3.05) is 18.5 Å². The Kier molecular flexibility index (Phi) is 6.95. The third-order valence-electron chi connectivity index (χ3n) is 6.73. The predicted molar refractivity (Wildman–Crippen MR) is 148 cm³/mol. The lowest BCUT2D eigenvalue weighted by Crippen LogP contribution is -2.16. The summed E-state index contributed by atoms with van der Waals surface area (Å²) in [5, 5.41) is 11.9. The van der Waals surface area contributed by atoms with Gasteiger partial charge in [-0.05, 0) is 49.2 Å². The third-order valence-corrected chi connectivity index (χ3v) is 6.73. The number of imidazole rings is 1. The number of aromatic nitrogens is 6. The lowest BCUT2D eigenvalue weighted by Gasteiger charge is -2.18. The number of anilines is 1. The average Bonchev–Trinajstić information content (AvgIpc) is 3.56. The van der Waals surface area contributed by atoms with Crippen molar-refractivity contribution in [2.24, 2.45) is 0 Å². The van der Waals surface area contributed by atoms with Gasteiger partial charge in [0, 0.05) is 36.4 Å². The third kappa shape index (κ3) is 5.20. The summed E-state index contributed by atoms with van der Waals surface area (Å²) >= 11 is 0. The molecule has 39 heavy (non-hydrogen) atoms. The molecule has 5 aromatic rings. The number of hydrogen-bond acceptors (Lipinski definition) is 7. The fraction of sp³-hybridized carbons (Fsp3) is 0.233. The lowest BCUT2D eigenvalue weighted by atomic mass is 10.1. The molecule has 1 atom stereocenters. The summed E-state index contributed by atoms with van der Waals surface area (Å²) in [6.07, 6.45) is 4.39. The smallest absolute Gasteiger partial charge is 0.233 e. The van der Waals surface area contributed by atoms with Crippen LogP contribution in [0.4, 0.5) is 10.3 Å². The van der Waals surface area contributed by atoms with Crippen LogP contribution in [0.3, 0.4) is 0 Å². The van der Waals surface area contributed by atoms with E-state index in [2.05, 4.69) is 32.0 Å². The topological polar surface area (TPSA) is 90.6 Å². The zero-order valence-electron chi connectivity index (χ0n) is 21.6. The first-order valence-electron chi connectivity index (χ1n) is 13.2. The van der Waals surface area contributed by atoms with E-state index in [1.54, 1.807) is 18.3 Å². The number of nitrogens with one attached hydrogen (secondary N) is 1. The molecule has 4 heterocycles. The van der Waals surface area contributed by atoms with Crippen LogP contribution in [0, 0.1) is 5.82 Å². The van der Waals surface area contributed by atoms with Gasteiger partial charge in [-0.3, -0.25) is 0 Å². The first kappa shape index (κ1) is 24.7. The van der Waals surface area contributed by atoms with Crippen LogP contribution in [-0.2, 0) is 6.42 Å². The number of aryl methyl sites for hydroxylation is 1. The van der Waals surface area contributed by atoms with Gasteiger partial charge in [0.05, 0.1) is 28.8 Å². The van der Waals surface area contributed by atoms with E-state index in [4.69, 9.17) is 14.7 Å². The van der Waals surface area contributed by atoms with Crippen molar-refractivity contribution in [1.82, 2.24) is 29.7 Å². The van der Waals surface area contributed by atoms with Crippen LogP contribution in [0.2, 0.25) is 0 Å². The quantitative estimate of drug-likeness (QED) is 0.255. The molecular formula is C30H28FN7O. The molecule has 0 bridgehead atoms. The molecule has 196 valence electrons. The molecule has 0 aliphatic carbocycles. The fourth-order valence-corrected chi connectivity index (χ4v) is 4.84. The van der Waals surface area contributed by atoms with Crippen molar-refractivity contribution in [3.63, 3.8) is 0 Å². The zero-order valence-corrected chi connectivity index (χ0v) is 21.6. The Labute approximate surface area is 226 Å². The minimum absolute atomic E-state index is 0.0225. The SMILES string of the molecule is CCCNc1nccc(-c2c(-c3ccc(F)cc3)nc3n2C(COc2ccc(-c4ccccc4)nn2)CC3)n1. The Morgan fingerprint density at radius 1 is 0.923 bits per heavy atom.